The molecule has 0 aromatic heterocycles. The van der Waals surface area contributed by atoms with Crippen molar-refractivity contribution in [3.05, 3.63) is 6.42 Å². The monoisotopic (exact) mass is 649 g/mol. The molecule has 10 heteroatoms. The van der Waals surface area contributed by atoms with Gasteiger partial charge in [0.15, 0.2) is 0 Å². The molecular formula is C32H55ClCuN8. The number of hydrogen-bond donors (Lipinski definition) is 8. The van der Waals surface area contributed by atoms with E-state index in [0.29, 0.717) is 61.2 Å². The maximum absolute atomic E-state index is 4.25. The van der Waals surface area contributed by atoms with E-state index in [9.17, 15) is 0 Å². The van der Waals surface area contributed by atoms with Crippen LogP contribution in [-0.2, 0) is 15.1 Å². The van der Waals surface area contributed by atoms with Gasteiger partial charge in [-0.25, -0.2) is 0 Å². The van der Waals surface area contributed by atoms with Gasteiger partial charge >= 0.3 is 25.2 Å². The van der Waals surface area contributed by atoms with Crippen LogP contribution < -0.4 is 42.5 Å². The van der Waals surface area contributed by atoms with Crippen molar-refractivity contribution >= 4 is 10.1 Å². The van der Waals surface area contributed by atoms with E-state index in [2.05, 4.69) is 74.2 Å². The van der Waals surface area contributed by atoms with Crippen LogP contribution in [0.2, 0.25) is 0 Å². The van der Waals surface area contributed by atoms with Gasteiger partial charge in [-0.2, -0.15) is 6.42 Å². The summed E-state index contributed by atoms with van der Waals surface area (Å²) in [5.41, 5.74) is 0. The molecule has 5 heterocycles. The molecule has 0 radical (unpaired) electrons. The zero-order valence-electron chi connectivity index (χ0n) is 25.1. The summed E-state index contributed by atoms with van der Waals surface area (Å²) < 4.78 is 0. The average molecular weight is 651 g/mol. The fraction of sp³-hybridized carbons (Fsp3) is 0.969. The molecule has 8 nitrogen and oxygen atoms in total. The van der Waals surface area contributed by atoms with Gasteiger partial charge in [0.25, 0.3) is 0 Å². The van der Waals surface area contributed by atoms with Crippen LogP contribution in [0.1, 0.15) is 96.3 Å². The number of rotatable bonds is 0. The van der Waals surface area contributed by atoms with Gasteiger partial charge in [-0.3, -0.25) is 42.5 Å². The Labute approximate surface area is 266 Å². The molecule has 16 atom stereocenters. The van der Waals surface area contributed by atoms with Crippen molar-refractivity contribution < 1.29 is 15.1 Å². The second-order valence-corrected chi connectivity index (χ2v) is 15.4. The van der Waals surface area contributed by atoms with Crippen LogP contribution >= 0.6 is 10.1 Å². The van der Waals surface area contributed by atoms with E-state index in [0.717, 1.165) is 35.5 Å². The molecule has 8 bridgehead atoms. The summed E-state index contributed by atoms with van der Waals surface area (Å²) in [5, 5.41) is 33.7. The number of fused-ring (bicyclic) bond motifs is 20. The second-order valence-electron chi connectivity index (χ2n) is 15.4. The Balaban J connectivity index is 0.00000131. The molecule has 5 saturated heterocycles. The molecule has 241 valence electrons. The van der Waals surface area contributed by atoms with E-state index >= 15 is 0 Å². The predicted octanol–water partition coefficient (Wildman–Crippen LogP) is 3.11. The van der Waals surface area contributed by atoms with Crippen LogP contribution in [0.4, 0.5) is 0 Å². The fourth-order valence-corrected chi connectivity index (χ4v) is 11.7. The topological polar surface area (TPSA) is 96.2 Å². The Kier molecular flexibility index (Phi) is 9.20. The van der Waals surface area contributed by atoms with Crippen LogP contribution in [0.5, 0.6) is 0 Å². The van der Waals surface area contributed by atoms with Crippen LogP contribution in [-0.4, -0.2) is 49.3 Å². The number of hydrogen-bond acceptors (Lipinski definition) is 8. The van der Waals surface area contributed by atoms with Gasteiger partial charge in [-0.1, -0.05) is 51.4 Å². The molecule has 4 saturated carbocycles. The summed E-state index contributed by atoms with van der Waals surface area (Å²) in [5.74, 6) is 5.74. The Morgan fingerprint density at radius 1 is 0.357 bits per heavy atom. The van der Waals surface area contributed by atoms with Crippen molar-refractivity contribution in [1.82, 2.24) is 42.5 Å². The molecule has 0 spiro atoms. The molecule has 4 aliphatic carbocycles. The van der Waals surface area contributed by atoms with E-state index in [-0.39, 0.29) is 0 Å². The normalized spacial score (nSPS) is 55.0. The average Bonchev–Trinajstić information content (AvgIpc) is 3.78. The molecule has 42 heavy (non-hydrogen) atoms. The third kappa shape index (κ3) is 5.36. The molecule has 0 amide bonds. The van der Waals surface area contributed by atoms with Gasteiger partial charge in [0.1, 0.15) is 0 Å². The summed E-state index contributed by atoms with van der Waals surface area (Å²) in [7, 11) is 4.20. The molecule has 9 rings (SSSR count). The summed E-state index contributed by atoms with van der Waals surface area (Å²) in [6, 6.07) is 0. The molecule has 16 unspecified atom stereocenters. The standard InChI is InChI=1S/C32H55N8.ClH.Cu/c1-2-10-18-17(9-1)25-33-26(18)38-28-21-13-5-6-14-22(21)30(35-28)40-32-24-16-8-7-15-23(24)31(36-32)39-29-20-12-4-3-11-19(20)27(34-29)37-25;;/h9,17-40H,1-8,10-16H2;1H;/q-1;;+2/p-1. The molecule has 0 aromatic rings. The predicted molar refractivity (Wildman–Crippen MR) is 163 cm³/mol. The van der Waals surface area contributed by atoms with Crippen LogP contribution in [0.3, 0.4) is 0 Å². The van der Waals surface area contributed by atoms with Crippen LogP contribution in [0.25, 0.3) is 0 Å². The quantitative estimate of drug-likeness (QED) is 0.150. The van der Waals surface area contributed by atoms with Crippen molar-refractivity contribution in [2.75, 3.05) is 0 Å². The first-order chi connectivity index (χ1) is 20.8. The van der Waals surface area contributed by atoms with E-state index in [1.54, 1.807) is 0 Å². The Hall–Kier alpha value is 0.489. The second kappa shape index (κ2) is 12.9. The first kappa shape index (κ1) is 29.9. The first-order valence-electron chi connectivity index (χ1n) is 17.8. The van der Waals surface area contributed by atoms with Crippen molar-refractivity contribution in [2.24, 2.45) is 47.3 Å². The fourth-order valence-electron chi connectivity index (χ4n) is 11.7. The maximum atomic E-state index is 4.25. The molecule has 8 N–H and O–H groups in total. The van der Waals surface area contributed by atoms with Crippen molar-refractivity contribution in [3.63, 3.8) is 0 Å². The Morgan fingerprint density at radius 3 is 0.952 bits per heavy atom. The van der Waals surface area contributed by atoms with Crippen molar-refractivity contribution in [1.29, 1.82) is 0 Å². The van der Waals surface area contributed by atoms with E-state index < -0.39 is 0 Å². The SMILES string of the molecule is [CH-]1CCCC2C3NC(NC4NC(NC5NC(NC6NC(N3)C3CCCCC63)C3CCCCC53)C3CCCCC43)C12.[Cl][Cu+]. The summed E-state index contributed by atoms with van der Waals surface area (Å²) in [6.45, 7) is 0. The van der Waals surface area contributed by atoms with Gasteiger partial charge in [0, 0.05) is 6.17 Å². The number of halogens is 1. The first-order valence-corrected chi connectivity index (χ1v) is 19.1. The zero-order chi connectivity index (χ0) is 28.2. The third-order valence-electron chi connectivity index (χ3n) is 13.6. The Morgan fingerprint density at radius 2 is 0.619 bits per heavy atom. The Bertz CT molecular complexity index is 723. The summed E-state index contributed by atoms with van der Waals surface area (Å²) >= 11 is 3.66. The number of nitrogens with one attached hydrogen (secondary N) is 8. The molecular weight excluding hydrogens is 595 g/mol. The van der Waals surface area contributed by atoms with Gasteiger partial charge in [-0.05, 0) is 80.0 Å². The van der Waals surface area contributed by atoms with Gasteiger partial charge in [-0.15, -0.1) is 5.92 Å². The molecule has 9 aliphatic rings. The summed E-state index contributed by atoms with van der Waals surface area (Å²) in [6.07, 6.45) is 26.4. The van der Waals surface area contributed by atoms with E-state index in [4.69, 9.17) is 0 Å². The van der Waals surface area contributed by atoms with Gasteiger partial charge in [0.2, 0.25) is 0 Å². The van der Waals surface area contributed by atoms with Crippen molar-refractivity contribution in [3.8, 4) is 0 Å². The van der Waals surface area contributed by atoms with Gasteiger partial charge < -0.3 is 6.42 Å². The molecule has 5 aliphatic heterocycles. The minimum absolute atomic E-state index is 0.365. The van der Waals surface area contributed by atoms with E-state index in [1.165, 1.54) is 96.3 Å². The van der Waals surface area contributed by atoms with Crippen LogP contribution in [0.15, 0.2) is 0 Å². The van der Waals surface area contributed by atoms with E-state index in [1.807, 2.05) is 0 Å². The summed E-state index contributed by atoms with van der Waals surface area (Å²) in [4.78, 5) is 0. The zero-order valence-corrected chi connectivity index (χ0v) is 26.8. The van der Waals surface area contributed by atoms with Gasteiger partial charge in [0.05, 0.1) is 43.2 Å². The third-order valence-corrected chi connectivity index (χ3v) is 13.6. The van der Waals surface area contributed by atoms with Crippen LogP contribution in [0, 0.1) is 53.8 Å². The molecule has 0 aromatic carbocycles. The van der Waals surface area contributed by atoms with Crippen molar-refractivity contribution in [2.45, 2.75) is 146 Å². The minimum atomic E-state index is 0.365. The molecule has 9 fully saturated rings.